The lowest BCUT2D eigenvalue weighted by Crippen LogP contribution is -2.59. The van der Waals surface area contributed by atoms with Crippen molar-refractivity contribution in [2.45, 2.75) is 23.8 Å². The average molecular weight is 411 g/mol. The van der Waals surface area contributed by atoms with Crippen molar-refractivity contribution in [3.05, 3.63) is 81.7 Å². The smallest absolute Gasteiger partial charge is 0.256 e. The fourth-order valence-electron chi connectivity index (χ4n) is 4.61. The number of rotatable bonds is 2. The molecule has 2 atom stereocenters. The first-order valence-electron chi connectivity index (χ1n) is 9.39. The van der Waals surface area contributed by atoms with Gasteiger partial charge >= 0.3 is 0 Å². The third kappa shape index (κ3) is 2.53. The number of benzene rings is 2. The van der Waals surface area contributed by atoms with Gasteiger partial charge in [-0.15, -0.1) is 11.8 Å². The van der Waals surface area contributed by atoms with Gasteiger partial charge in [0.15, 0.2) is 0 Å². The third-order valence-electron chi connectivity index (χ3n) is 5.91. The van der Waals surface area contributed by atoms with Gasteiger partial charge in [-0.05, 0) is 41.2 Å². The summed E-state index contributed by atoms with van der Waals surface area (Å²) in [6.07, 6.45) is 3.37. The Morgan fingerprint density at radius 3 is 2.64 bits per heavy atom. The minimum absolute atomic E-state index is 0.00991. The molecule has 3 aliphatic rings. The highest BCUT2D eigenvalue weighted by molar-refractivity contribution is 8.03. The zero-order valence-electron chi connectivity index (χ0n) is 15.2. The number of hydrogen-bond donors (Lipinski definition) is 0. The molecule has 2 aromatic carbocycles. The third-order valence-corrected chi connectivity index (χ3v) is 7.23. The second-order valence-corrected chi connectivity index (χ2v) is 8.89. The monoisotopic (exact) mass is 410 g/mol. The summed E-state index contributed by atoms with van der Waals surface area (Å²) < 4.78 is 0. The molecule has 0 aromatic heterocycles. The summed E-state index contributed by atoms with van der Waals surface area (Å²) in [6, 6.07) is 15.3. The van der Waals surface area contributed by atoms with E-state index < -0.39 is 5.66 Å². The molecule has 142 valence electrons. The fraction of sp³-hybridized carbons (Fsp3) is 0.273. The predicted molar refractivity (Wildman–Crippen MR) is 111 cm³/mol. The summed E-state index contributed by atoms with van der Waals surface area (Å²) in [5, 5.41) is 2.52. The molecule has 3 heterocycles. The van der Waals surface area contributed by atoms with E-state index in [1.165, 1.54) is 0 Å². The molecule has 6 heteroatoms. The first-order chi connectivity index (χ1) is 13.6. The molecule has 0 aliphatic carbocycles. The van der Waals surface area contributed by atoms with Crippen LogP contribution in [0.25, 0.3) is 0 Å². The van der Waals surface area contributed by atoms with Gasteiger partial charge in [0.05, 0.1) is 5.25 Å². The summed E-state index contributed by atoms with van der Waals surface area (Å²) in [6.45, 7) is 1.07. The molecular weight excluding hydrogens is 392 g/mol. The Morgan fingerprint density at radius 1 is 1.11 bits per heavy atom. The van der Waals surface area contributed by atoms with Crippen molar-refractivity contribution in [1.82, 2.24) is 9.80 Å². The quantitative estimate of drug-likeness (QED) is 0.749. The van der Waals surface area contributed by atoms with Crippen LogP contribution in [0.2, 0.25) is 5.02 Å². The van der Waals surface area contributed by atoms with Gasteiger partial charge in [-0.3, -0.25) is 9.59 Å². The number of carbonyl (C=O) groups is 2. The lowest BCUT2D eigenvalue weighted by atomic mass is 9.83. The summed E-state index contributed by atoms with van der Waals surface area (Å²) >= 11 is 7.69. The van der Waals surface area contributed by atoms with Crippen molar-refractivity contribution in [2.75, 3.05) is 13.1 Å². The highest BCUT2D eigenvalue weighted by Crippen LogP contribution is 2.46. The fourth-order valence-corrected chi connectivity index (χ4v) is 5.61. The Balaban J connectivity index is 1.66. The van der Waals surface area contributed by atoms with Gasteiger partial charge in [0, 0.05) is 30.1 Å². The number of amides is 2. The standard InChI is InChI=1S/C22H19ClN2O2S/c23-17-9-7-16(8-10-17)22-14-15-4-1-2-5-18(15)20(26)24(22)11-12-25(22)21(27)19-6-3-13-28-19/h1-5,7-10,13,19H,6,11-12,14H2. The number of halogens is 1. The Morgan fingerprint density at radius 2 is 1.89 bits per heavy atom. The zero-order valence-corrected chi connectivity index (χ0v) is 16.7. The van der Waals surface area contributed by atoms with Crippen LogP contribution in [0.3, 0.4) is 0 Å². The van der Waals surface area contributed by atoms with Crippen molar-refractivity contribution in [2.24, 2.45) is 0 Å². The average Bonchev–Trinajstić information content (AvgIpc) is 3.37. The summed E-state index contributed by atoms with van der Waals surface area (Å²) in [5.41, 5.74) is 1.85. The van der Waals surface area contributed by atoms with Crippen molar-refractivity contribution in [3.8, 4) is 0 Å². The number of allylic oxidation sites excluding steroid dienone is 1. The maximum absolute atomic E-state index is 13.5. The molecule has 1 saturated heterocycles. The van der Waals surface area contributed by atoms with Crippen molar-refractivity contribution >= 4 is 35.2 Å². The topological polar surface area (TPSA) is 40.6 Å². The Labute approximate surface area is 173 Å². The molecule has 0 radical (unpaired) electrons. The molecule has 2 amide bonds. The van der Waals surface area contributed by atoms with E-state index in [1.807, 2.05) is 69.8 Å². The van der Waals surface area contributed by atoms with Gasteiger partial charge in [-0.1, -0.05) is 48.0 Å². The molecule has 2 aromatic rings. The molecule has 0 spiro atoms. The second kappa shape index (κ2) is 6.68. The maximum Gasteiger partial charge on any atom is 0.256 e. The maximum atomic E-state index is 13.5. The van der Waals surface area contributed by atoms with Gasteiger partial charge in [-0.25, -0.2) is 0 Å². The zero-order chi connectivity index (χ0) is 19.3. The molecule has 1 fully saturated rings. The van der Waals surface area contributed by atoms with Crippen LogP contribution < -0.4 is 0 Å². The molecular formula is C22H19ClN2O2S. The SMILES string of the molecule is O=C1c2ccccc2CC2(c3ccc(Cl)cc3)N1CCN2C(=O)C1CC=CS1. The predicted octanol–water partition coefficient (Wildman–Crippen LogP) is 4.05. The van der Waals surface area contributed by atoms with Crippen LogP contribution in [0.15, 0.2) is 60.0 Å². The number of thioether (sulfide) groups is 1. The lowest BCUT2D eigenvalue weighted by Gasteiger charge is -2.47. The first-order valence-corrected chi connectivity index (χ1v) is 10.7. The minimum atomic E-state index is -0.795. The van der Waals surface area contributed by atoms with Crippen LogP contribution in [0.5, 0.6) is 0 Å². The summed E-state index contributed by atoms with van der Waals surface area (Å²) in [5.74, 6) is 0.0870. The van der Waals surface area contributed by atoms with Gasteiger partial charge in [0.25, 0.3) is 5.91 Å². The van der Waals surface area contributed by atoms with E-state index in [-0.39, 0.29) is 17.1 Å². The molecule has 5 rings (SSSR count). The molecule has 0 bridgehead atoms. The molecule has 2 unspecified atom stereocenters. The largest absolute Gasteiger partial charge is 0.312 e. The minimum Gasteiger partial charge on any atom is -0.312 e. The van der Waals surface area contributed by atoms with E-state index in [0.29, 0.717) is 24.5 Å². The number of hydrogen-bond acceptors (Lipinski definition) is 3. The van der Waals surface area contributed by atoms with Gasteiger partial charge in [-0.2, -0.15) is 0 Å². The second-order valence-electron chi connectivity index (χ2n) is 7.34. The highest BCUT2D eigenvalue weighted by Gasteiger charge is 2.56. The molecule has 4 nitrogen and oxygen atoms in total. The van der Waals surface area contributed by atoms with Crippen LogP contribution in [-0.2, 0) is 16.9 Å². The summed E-state index contributed by atoms with van der Waals surface area (Å²) in [4.78, 5) is 30.6. The first kappa shape index (κ1) is 17.8. The molecule has 3 aliphatic heterocycles. The van der Waals surface area contributed by atoms with Crippen molar-refractivity contribution < 1.29 is 9.59 Å². The van der Waals surface area contributed by atoms with Crippen LogP contribution in [-0.4, -0.2) is 40.0 Å². The van der Waals surface area contributed by atoms with Crippen molar-refractivity contribution in [3.63, 3.8) is 0 Å². The van der Waals surface area contributed by atoms with Crippen LogP contribution in [0.1, 0.15) is 27.9 Å². The number of fused-ring (bicyclic) bond motifs is 2. The molecule has 0 saturated carbocycles. The number of carbonyl (C=O) groups excluding carboxylic acids is 2. The Kier molecular flexibility index (Phi) is 4.25. The van der Waals surface area contributed by atoms with E-state index >= 15 is 0 Å². The highest BCUT2D eigenvalue weighted by atomic mass is 35.5. The Hall–Kier alpha value is -2.24. The van der Waals surface area contributed by atoms with Gasteiger partial charge in [0.1, 0.15) is 5.66 Å². The van der Waals surface area contributed by atoms with E-state index in [1.54, 1.807) is 11.8 Å². The van der Waals surface area contributed by atoms with Crippen molar-refractivity contribution in [1.29, 1.82) is 0 Å². The van der Waals surface area contributed by atoms with E-state index in [4.69, 9.17) is 11.6 Å². The normalized spacial score (nSPS) is 25.8. The van der Waals surface area contributed by atoms with Crippen LogP contribution in [0.4, 0.5) is 0 Å². The number of nitrogens with zero attached hydrogens (tertiary/aromatic N) is 2. The lowest BCUT2D eigenvalue weighted by molar-refractivity contribution is -0.138. The van der Waals surface area contributed by atoms with E-state index in [9.17, 15) is 9.59 Å². The molecule has 0 N–H and O–H groups in total. The summed E-state index contributed by atoms with van der Waals surface area (Å²) in [7, 11) is 0. The van der Waals surface area contributed by atoms with Crippen LogP contribution >= 0.6 is 23.4 Å². The van der Waals surface area contributed by atoms with E-state index in [0.717, 1.165) is 23.1 Å². The van der Waals surface area contributed by atoms with E-state index in [2.05, 4.69) is 0 Å². The van der Waals surface area contributed by atoms with Gasteiger partial charge in [0.2, 0.25) is 5.91 Å². The van der Waals surface area contributed by atoms with Gasteiger partial charge < -0.3 is 9.80 Å². The molecule has 28 heavy (non-hydrogen) atoms. The Bertz CT molecular complexity index is 982. The van der Waals surface area contributed by atoms with Crippen LogP contribution in [0, 0.1) is 0 Å².